The average Bonchev–Trinajstić information content (AvgIpc) is 2.68. The molecule has 1 fully saturated rings. The molecule has 19 heavy (non-hydrogen) atoms. The van der Waals surface area contributed by atoms with Crippen LogP contribution in [0.25, 0.3) is 0 Å². The van der Waals surface area contributed by atoms with Gasteiger partial charge in [-0.1, -0.05) is 0 Å². The molecule has 2 heterocycles. The number of aromatic nitrogens is 2. The average molecular weight is 264 g/mol. The molecule has 0 unspecified atom stereocenters. The first-order chi connectivity index (χ1) is 9.00. The molecule has 0 bridgehead atoms. The van der Waals surface area contributed by atoms with Crippen LogP contribution in [0.1, 0.15) is 44.1 Å². The molecule has 1 aliphatic heterocycles. The van der Waals surface area contributed by atoms with Crippen LogP contribution in [0.5, 0.6) is 0 Å². The molecular formula is C14H24N4O. The van der Waals surface area contributed by atoms with Crippen LogP contribution in [0, 0.1) is 19.8 Å². The summed E-state index contributed by atoms with van der Waals surface area (Å²) in [6.07, 6.45) is 2.04. The van der Waals surface area contributed by atoms with Crippen molar-refractivity contribution in [2.24, 2.45) is 5.92 Å². The van der Waals surface area contributed by atoms with Crippen molar-refractivity contribution < 1.29 is 4.79 Å². The van der Waals surface area contributed by atoms with Crippen molar-refractivity contribution in [3.8, 4) is 0 Å². The minimum Gasteiger partial charge on any atom is -0.323 e. The maximum atomic E-state index is 12.3. The summed E-state index contributed by atoms with van der Waals surface area (Å²) in [4.78, 5) is 12.3. The predicted molar refractivity (Wildman–Crippen MR) is 76.3 cm³/mol. The van der Waals surface area contributed by atoms with Gasteiger partial charge >= 0.3 is 0 Å². The summed E-state index contributed by atoms with van der Waals surface area (Å²) in [5.74, 6) is 0.191. The highest BCUT2D eigenvalue weighted by atomic mass is 16.1. The molecule has 5 nitrogen and oxygen atoms in total. The number of nitrogens with one attached hydrogen (secondary N) is 2. The zero-order valence-electron chi connectivity index (χ0n) is 12.3. The number of nitrogens with zero attached hydrogens (tertiary/aromatic N) is 2. The Morgan fingerprint density at radius 1 is 1.47 bits per heavy atom. The summed E-state index contributed by atoms with van der Waals surface area (Å²) in [5.41, 5.74) is 2.80. The number of aryl methyl sites for hydroxylation is 1. The van der Waals surface area contributed by atoms with E-state index >= 15 is 0 Å². The fourth-order valence-corrected chi connectivity index (χ4v) is 2.65. The Balaban J connectivity index is 2.12. The fraction of sp³-hybridized carbons (Fsp3) is 0.714. The summed E-state index contributed by atoms with van der Waals surface area (Å²) in [7, 11) is 0. The molecule has 0 aromatic carbocycles. The third-order valence-corrected chi connectivity index (χ3v) is 3.73. The molecule has 1 saturated heterocycles. The molecule has 5 heteroatoms. The van der Waals surface area contributed by atoms with Crippen molar-refractivity contribution in [2.45, 2.75) is 46.6 Å². The minimum absolute atomic E-state index is 0.0787. The Hall–Kier alpha value is -1.36. The molecule has 1 aromatic rings. The monoisotopic (exact) mass is 264 g/mol. The Kier molecular flexibility index (Phi) is 4.24. The van der Waals surface area contributed by atoms with Gasteiger partial charge in [0.05, 0.1) is 23.0 Å². The molecule has 106 valence electrons. The van der Waals surface area contributed by atoms with E-state index in [2.05, 4.69) is 29.6 Å². The minimum atomic E-state index is 0.0787. The maximum Gasteiger partial charge on any atom is 0.228 e. The van der Waals surface area contributed by atoms with Crippen molar-refractivity contribution in [3.05, 3.63) is 11.4 Å². The number of amides is 1. The molecule has 2 N–H and O–H groups in total. The normalized spacial score (nSPS) is 19.7. The predicted octanol–water partition coefficient (Wildman–Crippen LogP) is 2.02. The molecule has 2 rings (SSSR count). The van der Waals surface area contributed by atoms with E-state index in [4.69, 9.17) is 0 Å². The van der Waals surface area contributed by atoms with Crippen LogP contribution >= 0.6 is 0 Å². The fourth-order valence-electron chi connectivity index (χ4n) is 2.65. The first-order valence-corrected chi connectivity index (χ1v) is 7.08. The van der Waals surface area contributed by atoms with Gasteiger partial charge in [-0.25, -0.2) is 0 Å². The highest BCUT2D eigenvalue weighted by molar-refractivity contribution is 5.93. The van der Waals surface area contributed by atoms with Gasteiger partial charge in [0.15, 0.2) is 0 Å². The largest absolute Gasteiger partial charge is 0.323 e. The van der Waals surface area contributed by atoms with Gasteiger partial charge in [-0.15, -0.1) is 0 Å². The number of anilines is 1. The summed E-state index contributed by atoms with van der Waals surface area (Å²) >= 11 is 0. The van der Waals surface area contributed by atoms with Crippen LogP contribution in [-0.2, 0) is 4.79 Å². The number of hydrogen-bond donors (Lipinski definition) is 2. The number of carbonyl (C=O) groups is 1. The number of hydrogen-bond acceptors (Lipinski definition) is 3. The molecule has 0 spiro atoms. The maximum absolute atomic E-state index is 12.3. The van der Waals surface area contributed by atoms with Crippen LogP contribution < -0.4 is 10.6 Å². The van der Waals surface area contributed by atoms with Gasteiger partial charge in [-0.2, -0.15) is 5.10 Å². The zero-order chi connectivity index (χ0) is 14.0. The van der Waals surface area contributed by atoms with Crippen LogP contribution in [0.15, 0.2) is 0 Å². The van der Waals surface area contributed by atoms with Crippen molar-refractivity contribution in [1.82, 2.24) is 15.1 Å². The quantitative estimate of drug-likeness (QED) is 0.878. The van der Waals surface area contributed by atoms with Crippen molar-refractivity contribution in [1.29, 1.82) is 0 Å². The van der Waals surface area contributed by atoms with Gasteiger partial charge in [0.25, 0.3) is 0 Å². The number of rotatable bonds is 3. The van der Waals surface area contributed by atoms with E-state index < -0.39 is 0 Å². The van der Waals surface area contributed by atoms with E-state index in [9.17, 15) is 4.79 Å². The van der Waals surface area contributed by atoms with Crippen molar-refractivity contribution in [2.75, 3.05) is 18.4 Å². The lowest BCUT2D eigenvalue weighted by Crippen LogP contribution is -2.37. The SMILES string of the molecule is Cc1nn(C(C)C)c(C)c1NC(=O)[C@@H]1CCCNC1. The lowest BCUT2D eigenvalue weighted by molar-refractivity contribution is -0.120. The zero-order valence-corrected chi connectivity index (χ0v) is 12.3. The van der Waals surface area contributed by atoms with Gasteiger partial charge in [0, 0.05) is 12.6 Å². The molecule has 0 saturated carbocycles. The van der Waals surface area contributed by atoms with Crippen LogP contribution in [0.3, 0.4) is 0 Å². The second-order valence-electron chi connectivity index (χ2n) is 5.62. The van der Waals surface area contributed by atoms with Gasteiger partial charge in [-0.05, 0) is 47.1 Å². The van der Waals surface area contributed by atoms with Crippen LogP contribution in [-0.4, -0.2) is 28.8 Å². The Morgan fingerprint density at radius 2 is 2.21 bits per heavy atom. The smallest absolute Gasteiger partial charge is 0.228 e. The Morgan fingerprint density at radius 3 is 2.74 bits per heavy atom. The molecule has 0 aliphatic carbocycles. The van der Waals surface area contributed by atoms with Crippen molar-refractivity contribution >= 4 is 11.6 Å². The lowest BCUT2D eigenvalue weighted by Gasteiger charge is -2.22. The lowest BCUT2D eigenvalue weighted by atomic mass is 9.99. The summed E-state index contributed by atoms with van der Waals surface area (Å²) in [6, 6.07) is 0.306. The van der Waals surface area contributed by atoms with E-state index in [1.807, 2.05) is 18.5 Å². The third-order valence-electron chi connectivity index (χ3n) is 3.73. The first kappa shape index (κ1) is 14.1. The summed E-state index contributed by atoms with van der Waals surface area (Å²) < 4.78 is 1.96. The molecular weight excluding hydrogens is 240 g/mol. The first-order valence-electron chi connectivity index (χ1n) is 7.08. The molecule has 1 atom stereocenters. The summed E-state index contributed by atoms with van der Waals surface area (Å²) in [5, 5.41) is 10.8. The van der Waals surface area contributed by atoms with Gasteiger partial charge in [-0.3, -0.25) is 9.48 Å². The second-order valence-corrected chi connectivity index (χ2v) is 5.62. The molecule has 0 radical (unpaired) electrons. The Bertz CT molecular complexity index is 458. The van der Waals surface area contributed by atoms with E-state index in [-0.39, 0.29) is 11.8 Å². The number of piperidine rings is 1. The highest BCUT2D eigenvalue weighted by Gasteiger charge is 2.23. The highest BCUT2D eigenvalue weighted by Crippen LogP contribution is 2.23. The van der Waals surface area contributed by atoms with Crippen LogP contribution in [0.4, 0.5) is 5.69 Å². The van der Waals surface area contributed by atoms with E-state index in [0.29, 0.717) is 6.04 Å². The second kappa shape index (κ2) is 5.74. The third kappa shape index (κ3) is 2.97. The molecule has 1 amide bonds. The molecule has 1 aliphatic rings. The molecule has 1 aromatic heterocycles. The van der Waals surface area contributed by atoms with E-state index in [0.717, 1.165) is 43.0 Å². The summed E-state index contributed by atoms with van der Waals surface area (Å²) in [6.45, 7) is 9.94. The topological polar surface area (TPSA) is 59.0 Å². The van der Waals surface area contributed by atoms with Crippen molar-refractivity contribution in [3.63, 3.8) is 0 Å². The van der Waals surface area contributed by atoms with Gasteiger partial charge in [0.1, 0.15) is 0 Å². The van der Waals surface area contributed by atoms with Crippen LogP contribution in [0.2, 0.25) is 0 Å². The van der Waals surface area contributed by atoms with E-state index in [1.165, 1.54) is 0 Å². The van der Waals surface area contributed by atoms with Gasteiger partial charge in [0.2, 0.25) is 5.91 Å². The van der Waals surface area contributed by atoms with E-state index in [1.54, 1.807) is 0 Å². The standard InChI is InChI=1S/C14H24N4O/c1-9(2)18-11(4)13(10(3)17-18)16-14(19)12-6-5-7-15-8-12/h9,12,15H,5-8H2,1-4H3,(H,16,19)/t12-/m1/s1. The van der Waals surface area contributed by atoms with Gasteiger partial charge < -0.3 is 10.6 Å². The number of carbonyl (C=O) groups excluding carboxylic acids is 1. The Labute approximate surface area is 114 Å².